The van der Waals surface area contributed by atoms with E-state index in [-0.39, 0.29) is 5.91 Å². The van der Waals surface area contributed by atoms with Crippen LogP contribution in [-0.4, -0.2) is 38.2 Å². The van der Waals surface area contributed by atoms with E-state index in [2.05, 4.69) is 21.9 Å². The molecule has 2 heterocycles. The molecule has 0 aliphatic heterocycles. The van der Waals surface area contributed by atoms with Crippen LogP contribution in [0.15, 0.2) is 6.07 Å². The Balaban J connectivity index is 2.05. The van der Waals surface area contributed by atoms with Crippen LogP contribution in [0.5, 0.6) is 0 Å². The van der Waals surface area contributed by atoms with Gasteiger partial charge in [0.2, 0.25) is 0 Å². The maximum Gasteiger partial charge on any atom is 0.254 e. The summed E-state index contributed by atoms with van der Waals surface area (Å²) in [7, 11) is 1.88. The zero-order chi connectivity index (χ0) is 16.6. The minimum atomic E-state index is 0.131. The van der Waals surface area contributed by atoms with E-state index >= 15 is 0 Å². The Kier molecular flexibility index (Phi) is 4.37. The molecule has 5 nitrogen and oxygen atoms in total. The SMILES string of the molecule is CCN(C(=O)c1cc(C)nc2c1c(C)nn2C)C1CCCCC1. The molecule has 2 aromatic heterocycles. The molecule has 0 aromatic carbocycles. The van der Waals surface area contributed by atoms with E-state index in [1.165, 1.54) is 19.3 Å². The molecule has 23 heavy (non-hydrogen) atoms. The van der Waals surface area contributed by atoms with Gasteiger partial charge in [-0.2, -0.15) is 5.10 Å². The van der Waals surface area contributed by atoms with Crippen molar-refractivity contribution in [3.8, 4) is 0 Å². The highest BCUT2D eigenvalue weighted by atomic mass is 16.2. The molecule has 0 radical (unpaired) electrons. The van der Waals surface area contributed by atoms with E-state index < -0.39 is 0 Å². The van der Waals surface area contributed by atoms with E-state index in [9.17, 15) is 4.79 Å². The van der Waals surface area contributed by atoms with Crippen molar-refractivity contribution in [3.63, 3.8) is 0 Å². The van der Waals surface area contributed by atoms with Crippen LogP contribution in [0.2, 0.25) is 0 Å². The number of pyridine rings is 1. The highest BCUT2D eigenvalue weighted by Gasteiger charge is 2.27. The van der Waals surface area contributed by atoms with Crippen molar-refractivity contribution in [2.75, 3.05) is 6.54 Å². The summed E-state index contributed by atoms with van der Waals surface area (Å²) in [5.74, 6) is 0.131. The first-order chi connectivity index (χ1) is 11.0. The van der Waals surface area contributed by atoms with Gasteiger partial charge in [-0.15, -0.1) is 0 Å². The minimum Gasteiger partial charge on any atom is -0.336 e. The lowest BCUT2D eigenvalue weighted by Crippen LogP contribution is -2.41. The molecule has 0 atom stereocenters. The van der Waals surface area contributed by atoms with E-state index in [0.717, 1.165) is 47.4 Å². The van der Waals surface area contributed by atoms with Crippen LogP contribution in [0.1, 0.15) is 60.8 Å². The number of hydrogen-bond acceptors (Lipinski definition) is 3. The smallest absolute Gasteiger partial charge is 0.254 e. The summed E-state index contributed by atoms with van der Waals surface area (Å²) >= 11 is 0. The van der Waals surface area contributed by atoms with Crippen molar-refractivity contribution in [1.82, 2.24) is 19.7 Å². The summed E-state index contributed by atoms with van der Waals surface area (Å²) in [6.07, 6.45) is 6.00. The minimum absolute atomic E-state index is 0.131. The highest BCUT2D eigenvalue weighted by Crippen LogP contribution is 2.27. The monoisotopic (exact) mass is 314 g/mol. The van der Waals surface area contributed by atoms with Gasteiger partial charge in [0, 0.05) is 25.3 Å². The molecule has 5 heteroatoms. The standard InChI is InChI=1S/C18H26N4O/c1-5-22(14-9-7-6-8-10-14)18(23)15-11-12(2)19-17-16(15)13(3)20-21(17)4/h11,14H,5-10H2,1-4H3. The summed E-state index contributed by atoms with van der Waals surface area (Å²) < 4.78 is 1.77. The number of amides is 1. The molecule has 124 valence electrons. The lowest BCUT2D eigenvalue weighted by molar-refractivity contribution is 0.0649. The fourth-order valence-corrected chi connectivity index (χ4v) is 3.85. The van der Waals surface area contributed by atoms with Crippen molar-refractivity contribution in [2.45, 2.75) is 58.9 Å². The quantitative estimate of drug-likeness (QED) is 0.872. The summed E-state index contributed by atoms with van der Waals surface area (Å²) in [5, 5.41) is 5.36. The maximum absolute atomic E-state index is 13.3. The van der Waals surface area contributed by atoms with Crippen LogP contribution in [0, 0.1) is 13.8 Å². The number of fused-ring (bicyclic) bond motifs is 1. The van der Waals surface area contributed by atoms with Crippen LogP contribution in [-0.2, 0) is 7.05 Å². The predicted molar refractivity (Wildman–Crippen MR) is 91.6 cm³/mol. The summed E-state index contributed by atoms with van der Waals surface area (Å²) in [6.45, 7) is 6.72. The van der Waals surface area contributed by atoms with Crippen LogP contribution in [0.4, 0.5) is 0 Å². The molecular weight excluding hydrogens is 288 g/mol. The fourth-order valence-electron chi connectivity index (χ4n) is 3.85. The molecule has 0 N–H and O–H groups in total. The third kappa shape index (κ3) is 2.84. The number of rotatable bonds is 3. The lowest BCUT2D eigenvalue weighted by atomic mass is 9.93. The molecule has 2 aromatic rings. The van der Waals surface area contributed by atoms with Gasteiger partial charge in [0.1, 0.15) is 0 Å². The largest absolute Gasteiger partial charge is 0.336 e. The van der Waals surface area contributed by atoms with Crippen LogP contribution < -0.4 is 0 Å². The fraction of sp³-hybridized carbons (Fsp3) is 0.611. The van der Waals surface area contributed by atoms with Crippen molar-refractivity contribution in [3.05, 3.63) is 23.0 Å². The normalized spacial score (nSPS) is 16.0. The van der Waals surface area contributed by atoms with Crippen molar-refractivity contribution in [2.24, 2.45) is 7.05 Å². The van der Waals surface area contributed by atoms with Crippen molar-refractivity contribution >= 4 is 16.9 Å². The first-order valence-electron chi connectivity index (χ1n) is 8.64. The molecule has 3 rings (SSSR count). The van der Waals surface area contributed by atoms with Gasteiger partial charge in [-0.05, 0) is 39.7 Å². The average Bonchev–Trinajstić information content (AvgIpc) is 2.82. The van der Waals surface area contributed by atoms with Crippen molar-refractivity contribution in [1.29, 1.82) is 0 Å². The third-order valence-electron chi connectivity index (χ3n) is 4.94. The van der Waals surface area contributed by atoms with E-state index in [1.807, 2.05) is 27.0 Å². The van der Waals surface area contributed by atoms with Gasteiger partial charge in [-0.3, -0.25) is 9.48 Å². The molecule has 1 amide bonds. The molecule has 0 unspecified atom stereocenters. The molecule has 0 bridgehead atoms. The molecule has 1 fully saturated rings. The Morgan fingerprint density at radius 2 is 2.00 bits per heavy atom. The number of nitrogens with zero attached hydrogens (tertiary/aromatic N) is 4. The maximum atomic E-state index is 13.3. The second-order valence-electron chi connectivity index (χ2n) is 6.60. The molecule has 1 saturated carbocycles. The Morgan fingerprint density at radius 3 is 2.65 bits per heavy atom. The van der Waals surface area contributed by atoms with E-state index in [4.69, 9.17) is 0 Å². The van der Waals surface area contributed by atoms with Gasteiger partial charge in [0.15, 0.2) is 5.65 Å². The molecule has 1 aliphatic carbocycles. The summed E-state index contributed by atoms with van der Waals surface area (Å²) in [5.41, 5.74) is 3.29. The van der Waals surface area contributed by atoms with Crippen LogP contribution in [0.3, 0.4) is 0 Å². The Bertz CT molecular complexity index is 728. The van der Waals surface area contributed by atoms with Gasteiger partial charge >= 0.3 is 0 Å². The van der Waals surface area contributed by atoms with Gasteiger partial charge in [-0.1, -0.05) is 19.3 Å². The van der Waals surface area contributed by atoms with E-state index in [0.29, 0.717) is 6.04 Å². The number of aryl methyl sites for hydroxylation is 3. The molecular formula is C18H26N4O. The lowest BCUT2D eigenvalue weighted by Gasteiger charge is -2.33. The first kappa shape index (κ1) is 16.0. The van der Waals surface area contributed by atoms with E-state index in [1.54, 1.807) is 4.68 Å². The summed E-state index contributed by atoms with van der Waals surface area (Å²) in [4.78, 5) is 19.9. The molecule has 0 spiro atoms. The second kappa shape index (κ2) is 6.30. The molecule has 0 saturated heterocycles. The topological polar surface area (TPSA) is 51.0 Å². The zero-order valence-corrected chi connectivity index (χ0v) is 14.6. The van der Waals surface area contributed by atoms with Gasteiger partial charge < -0.3 is 4.90 Å². The first-order valence-corrected chi connectivity index (χ1v) is 8.64. The Hall–Kier alpha value is -1.91. The van der Waals surface area contributed by atoms with Gasteiger partial charge in [0.25, 0.3) is 5.91 Å². The van der Waals surface area contributed by atoms with Gasteiger partial charge in [-0.25, -0.2) is 4.98 Å². The average molecular weight is 314 g/mol. The zero-order valence-electron chi connectivity index (χ0n) is 14.6. The summed E-state index contributed by atoms with van der Waals surface area (Å²) in [6, 6.07) is 2.30. The Morgan fingerprint density at radius 1 is 1.30 bits per heavy atom. The number of aromatic nitrogens is 3. The second-order valence-corrected chi connectivity index (χ2v) is 6.60. The van der Waals surface area contributed by atoms with Crippen LogP contribution in [0.25, 0.3) is 11.0 Å². The number of carbonyl (C=O) groups excluding carboxylic acids is 1. The third-order valence-corrected chi connectivity index (χ3v) is 4.94. The number of hydrogen-bond donors (Lipinski definition) is 0. The number of carbonyl (C=O) groups is 1. The van der Waals surface area contributed by atoms with Crippen molar-refractivity contribution < 1.29 is 4.79 Å². The van der Waals surface area contributed by atoms with Gasteiger partial charge in [0.05, 0.1) is 16.6 Å². The predicted octanol–water partition coefficient (Wildman–Crippen LogP) is 3.38. The highest BCUT2D eigenvalue weighted by molar-refractivity contribution is 6.06. The Labute approximate surface area is 137 Å². The molecule has 1 aliphatic rings. The van der Waals surface area contributed by atoms with Crippen LogP contribution >= 0.6 is 0 Å².